The average Bonchev–Trinajstić information content (AvgIpc) is 2.69. The van der Waals surface area contributed by atoms with E-state index in [-0.39, 0.29) is 24.2 Å². The Morgan fingerprint density at radius 3 is 2.65 bits per heavy atom. The van der Waals surface area contributed by atoms with E-state index in [2.05, 4.69) is 0 Å². The quantitative estimate of drug-likeness (QED) is 0.908. The maximum absolute atomic E-state index is 11.9. The number of thiophene rings is 1. The Morgan fingerprint density at radius 2 is 2.24 bits per heavy atom. The van der Waals surface area contributed by atoms with Gasteiger partial charge in [0, 0.05) is 23.9 Å². The van der Waals surface area contributed by atoms with Gasteiger partial charge in [0.2, 0.25) is 5.91 Å². The second-order valence-corrected chi connectivity index (χ2v) is 5.49. The number of carbonyl (C=O) groups is 1. The number of halogens is 2. The van der Waals surface area contributed by atoms with Gasteiger partial charge >= 0.3 is 0 Å². The Morgan fingerprint density at radius 1 is 1.59 bits per heavy atom. The molecule has 0 radical (unpaired) electrons. The highest BCUT2D eigenvalue weighted by Crippen LogP contribution is 2.23. The van der Waals surface area contributed by atoms with Crippen molar-refractivity contribution in [1.29, 1.82) is 0 Å². The van der Waals surface area contributed by atoms with Crippen molar-refractivity contribution < 1.29 is 4.79 Å². The molecule has 1 amide bonds. The first kappa shape index (κ1) is 16.7. The molecule has 6 heteroatoms. The summed E-state index contributed by atoms with van der Waals surface area (Å²) < 4.78 is 0.755. The van der Waals surface area contributed by atoms with Crippen LogP contribution in [0.3, 0.4) is 0 Å². The van der Waals surface area contributed by atoms with Gasteiger partial charge in [-0.15, -0.1) is 23.7 Å². The lowest BCUT2D eigenvalue weighted by Gasteiger charge is -2.23. The molecule has 98 valence electrons. The van der Waals surface area contributed by atoms with Crippen molar-refractivity contribution in [2.75, 3.05) is 13.1 Å². The lowest BCUT2D eigenvalue weighted by molar-refractivity contribution is -0.135. The summed E-state index contributed by atoms with van der Waals surface area (Å²) in [5.74, 6) is -0.00935. The van der Waals surface area contributed by atoms with Crippen molar-refractivity contribution in [3.63, 3.8) is 0 Å². The zero-order chi connectivity index (χ0) is 12.1. The summed E-state index contributed by atoms with van der Waals surface area (Å²) in [5.41, 5.74) is 5.50. The van der Waals surface area contributed by atoms with Crippen LogP contribution in [-0.2, 0) is 11.3 Å². The highest BCUT2D eigenvalue weighted by Gasteiger charge is 2.18. The zero-order valence-corrected chi connectivity index (χ0v) is 12.4. The van der Waals surface area contributed by atoms with Crippen LogP contribution in [0.5, 0.6) is 0 Å². The number of amides is 1. The minimum absolute atomic E-state index is 0. The Balaban J connectivity index is 0.00000256. The maximum Gasteiger partial charge on any atom is 0.226 e. The molecule has 3 nitrogen and oxygen atoms in total. The second kappa shape index (κ2) is 7.93. The van der Waals surface area contributed by atoms with Crippen LogP contribution in [0, 0.1) is 5.92 Å². The fraction of sp³-hybridized carbons (Fsp3) is 0.545. The van der Waals surface area contributed by atoms with Crippen molar-refractivity contribution in [3.8, 4) is 0 Å². The number of nitrogens with two attached hydrogens (primary N) is 1. The van der Waals surface area contributed by atoms with E-state index in [0.717, 1.165) is 9.21 Å². The van der Waals surface area contributed by atoms with Gasteiger partial charge in [0.1, 0.15) is 0 Å². The van der Waals surface area contributed by atoms with Crippen LogP contribution in [0.2, 0.25) is 4.34 Å². The fourth-order valence-electron chi connectivity index (χ4n) is 1.38. The molecule has 0 aliphatic rings. The summed E-state index contributed by atoms with van der Waals surface area (Å²) >= 11 is 7.36. The first-order chi connectivity index (χ1) is 7.58. The molecule has 0 aromatic carbocycles. The average molecular weight is 297 g/mol. The standard InChI is InChI=1S/C11H17ClN2OS.ClH/c1-3-14(11(15)8(2)6-13)7-9-4-5-10(12)16-9;/h4-5,8H,3,6-7,13H2,1-2H3;1H. The van der Waals surface area contributed by atoms with Crippen molar-refractivity contribution in [3.05, 3.63) is 21.3 Å². The molecule has 0 saturated carbocycles. The van der Waals surface area contributed by atoms with Crippen LogP contribution in [-0.4, -0.2) is 23.9 Å². The number of carbonyl (C=O) groups excluding carboxylic acids is 1. The molecular formula is C11H18Cl2N2OS. The third-order valence-electron chi connectivity index (χ3n) is 2.44. The molecule has 1 aromatic rings. The smallest absolute Gasteiger partial charge is 0.226 e. The summed E-state index contributed by atoms with van der Waals surface area (Å²) in [4.78, 5) is 14.8. The minimum atomic E-state index is -0.115. The predicted octanol–water partition coefficient (Wildman–Crippen LogP) is 2.77. The molecule has 0 aliphatic heterocycles. The second-order valence-electron chi connectivity index (χ2n) is 3.69. The first-order valence-electron chi connectivity index (χ1n) is 5.31. The summed E-state index contributed by atoms with van der Waals surface area (Å²) in [6.07, 6.45) is 0. The zero-order valence-electron chi connectivity index (χ0n) is 9.98. The largest absolute Gasteiger partial charge is 0.338 e. The van der Waals surface area contributed by atoms with Crippen LogP contribution in [0.25, 0.3) is 0 Å². The number of hydrogen-bond donors (Lipinski definition) is 1. The Kier molecular flexibility index (Phi) is 7.79. The number of nitrogens with zero attached hydrogens (tertiary/aromatic N) is 1. The molecule has 1 aromatic heterocycles. The molecule has 0 spiro atoms. The minimum Gasteiger partial charge on any atom is -0.338 e. The van der Waals surface area contributed by atoms with E-state index in [1.54, 1.807) is 4.90 Å². The molecule has 17 heavy (non-hydrogen) atoms. The van der Waals surface area contributed by atoms with Gasteiger partial charge in [-0.25, -0.2) is 0 Å². The monoisotopic (exact) mass is 296 g/mol. The molecule has 1 heterocycles. The maximum atomic E-state index is 11.9. The first-order valence-corrected chi connectivity index (χ1v) is 6.51. The lowest BCUT2D eigenvalue weighted by atomic mass is 10.1. The van der Waals surface area contributed by atoms with E-state index >= 15 is 0 Å². The summed E-state index contributed by atoms with van der Waals surface area (Å²) in [5, 5.41) is 0. The van der Waals surface area contributed by atoms with E-state index in [0.29, 0.717) is 19.6 Å². The number of rotatable bonds is 5. The topological polar surface area (TPSA) is 46.3 Å². The lowest BCUT2D eigenvalue weighted by Crippen LogP contribution is -2.37. The van der Waals surface area contributed by atoms with Gasteiger partial charge in [0.15, 0.2) is 0 Å². The molecule has 0 saturated heterocycles. The molecule has 0 aliphatic carbocycles. The van der Waals surface area contributed by atoms with E-state index in [1.807, 2.05) is 26.0 Å². The van der Waals surface area contributed by atoms with E-state index in [1.165, 1.54) is 11.3 Å². The normalized spacial score (nSPS) is 11.8. The van der Waals surface area contributed by atoms with Crippen molar-refractivity contribution in [1.82, 2.24) is 4.90 Å². The van der Waals surface area contributed by atoms with Gasteiger partial charge in [0.25, 0.3) is 0 Å². The van der Waals surface area contributed by atoms with Crippen molar-refractivity contribution >= 4 is 41.3 Å². The van der Waals surface area contributed by atoms with Crippen LogP contribution in [0.1, 0.15) is 18.7 Å². The third kappa shape index (κ3) is 4.84. The SMILES string of the molecule is CCN(Cc1ccc(Cl)s1)C(=O)C(C)CN.Cl. The van der Waals surface area contributed by atoms with E-state index in [4.69, 9.17) is 17.3 Å². The highest BCUT2D eigenvalue weighted by molar-refractivity contribution is 7.16. The Bertz CT molecular complexity index is 357. The fourth-order valence-corrected chi connectivity index (χ4v) is 2.49. The molecule has 2 N–H and O–H groups in total. The Hall–Kier alpha value is -0.290. The Labute approximate surface area is 117 Å². The summed E-state index contributed by atoms with van der Waals surface area (Å²) in [6, 6.07) is 3.81. The van der Waals surface area contributed by atoms with Gasteiger partial charge < -0.3 is 10.6 Å². The van der Waals surface area contributed by atoms with Gasteiger partial charge in [0.05, 0.1) is 10.9 Å². The van der Waals surface area contributed by atoms with E-state index in [9.17, 15) is 4.79 Å². The molecule has 1 rings (SSSR count). The van der Waals surface area contributed by atoms with Gasteiger partial charge in [-0.05, 0) is 19.1 Å². The molecule has 1 unspecified atom stereocenters. The van der Waals surface area contributed by atoms with E-state index < -0.39 is 0 Å². The summed E-state index contributed by atoms with van der Waals surface area (Å²) in [6.45, 7) is 5.53. The predicted molar refractivity (Wildman–Crippen MR) is 75.9 cm³/mol. The van der Waals surface area contributed by atoms with Gasteiger partial charge in [-0.1, -0.05) is 18.5 Å². The highest BCUT2D eigenvalue weighted by atomic mass is 35.5. The molecular weight excluding hydrogens is 279 g/mol. The number of hydrogen-bond acceptors (Lipinski definition) is 3. The van der Waals surface area contributed by atoms with Crippen molar-refractivity contribution in [2.45, 2.75) is 20.4 Å². The molecule has 1 atom stereocenters. The summed E-state index contributed by atoms with van der Waals surface area (Å²) in [7, 11) is 0. The van der Waals surface area contributed by atoms with Gasteiger partial charge in [-0.3, -0.25) is 4.79 Å². The van der Waals surface area contributed by atoms with Crippen LogP contribution in [0.4, 0.5) is 0 Å². The molecule has 0 bridgehead atoms. The molecule has 0 fully saturated rings. The third-order valence-corrected chi connectivity index (χ3v) is 3.66. The van der Waals surface area contributed by atoms with Crippen LogP contribution >= 0.6 is 35.3 Å². The van der Waals surface area contributed by atoms with Crippen molar-refractivity contribution in [2.24, 2.45) is 11.7 Å². The van der Waals surface area contributed by atoms with Crippen LogP contribution in [0.15, 0.2) is 12.1 Å². The van der Waals surface area contributed by atoms with Crippen LogP contribution < -0.4 is 5.73 Å². The van der Waals surface area contributed by atoms with Gasteiger partial charge in [-0.2, -0.15) is 0 Å².